The molecule has 6 heteroatoms. The van der Waals surface area contributed by atoms with E-state index in [1.807, 2.05) is 6.07 Å². The van der Waals surface area contributed by atoms with E-state index in [1.54, 1.807) is 18.2 Å². The molecule has 1 saturated heterocycles. The Hall–Kier alpha value is -1.33. The molecule has 1 aromatic carbocycles. The van der Waals surface area contributed by atoms with Gasteiger partial charge < -0.3 is 15.4 Å². The summed E-state index contributed by atoms with van der Waals surface area (Å²) in [6.45, 7) is 2.47. The maximum absolute atomic E-state index is 12.2. The average molecular weight is 317 g/mol. The number of nitrogens with one attached hydrogen (secondary N) is 2. The van der Waals surface area contributed by atoms with Gasteiger partial charge in [0.15, 0.2) is 0 Å². The third-order valence-electron chi connectivity index (χ3n) is 3.44. The van der Waals surface area contributed by atoms with Crippen molar-refractivity contribution in [1.29, 1.82) is 0 Å². The fraction of sp³-hybridized carbons (Fsp3) is 0.533. The van der Waals surface area contributed by atoms with Crippen LogP contribution < -0.4 is 15.4 Å². The van der Waals surface area contributed by atoms with Gasteiger partial charge in [-0.25, -0.2) is 4.39 Å². The van der Waals surface area contributed by atoms with Crippen molar-refractivity contribution in [1.82, 2.24) is 5.32 Å². The lowest BCUT2D eigenvalue weighted by Crippen LogP contribution is -2.40. The number of piperidine rings is 1. The quantitative estimate of drug-likeness (QED) is 0.878. The van der Waals surface area contributed by atoms with Crippen LogP contribution in [-0.4, -0.2) is 31.8 Å². The van der Waals surface area contributed by atoms with Gasteiger partial charge in [0.2, 0.25) is 5.91 Å². The highest BCUT2D eigenvalue weighted by Crippen LogP contribution is 2.21. The summed E-state index contributed by atoms with van der Waals surface area (Å²) < 4.78 is 17.3. The van der Waals surface area contributed by atoms with E-state index in [0.29, 0.717) is 17.5 Å². The molecule has 2 N–H and O–H groups in total. The van der Waals surface area contributed by atoms with Crippen molar-refractivity contribution in [3.05, 3.63) is 24.3 Å². The number of ether oxygens (including phenoxy) is 1. The molecule has 0 aliphatic carbocycles. The molecule has 2 atom stereocenters. The van der Waals surface area contributed by atoms with Crippen LogP contribution in [-0.2, 0) is 4.79 Å². The lowest BCUT2D eigenvalue weighted by molar-refractivity contribution is -0.120. The fourth-order valence-electron chi connectivity index (χ4n) is 2.43. The maximum Gasteiger partial charge on any atom is 0.227 e. The lowest BCUT2D eigenvalue weighted by Gasteiger charge is -2.27. The first-order valence-electron chi connectivity index (χ1n) is 7.02. The summed E-state index contributed by atoms with van der Waals surface area (Å²) in [6, 6.07) is 7.44. The summed E-state index contributed by atoms with van der Waals surface area (Å²) >= 11 is 0. The van der Waals surface area contributed by atoms with Crippen LogP contribution in [0.25, 0.3) is 0 Å². The van der Waals surface area contributed by atoms with Gasteiger partial charge in [-0.05, 0) is 38.4 Å². The molecule has 118 valence electrons. The molecule has 1 heterocycles. The highest BCUT2D eigenvalue weighted by Gasteiger charge is 2.24. The van der Waals surface area contributed by atoms with Gasteiger partial charge >= 0.3 is 0 Å². The van der Waals surface area contributed by atoms with Crippen molar-refractivity contribution < 1.29 is 13.9 Å². The molecule has 1 fully saturated rings. The smallest absolute Gasteiger partial charge is 0.227 e. The van der Waals surface area contributed by atoms with Crippen molar-refractivity contribution in [3.63, 3.8) is 0 Å². The SMILES string of the molecule is C[C@H]1C[C@@H](C(=O)Nc2cccc(OCCF)c2)CCN1.Cl. The molecule has 21 heavy (non-hydrogen) atoms. The van der Waals surface area contributed by atoms with Gasteiger partial charge in [-0.3, -0.25) is 4.79 Å². The van der Waals surface area contributed by atoms with Crippen LogP contribution in [0.3, 0.4) is 0 Å². The number of anilines is 1. The molecule has 0 bridgehead atoms. The van der Waals surface area contributed by atoms with E-state index in [-0.39, 0.29) is 30.8 Å². The molecule has 1 aliphatic rings. The molecule has 0 radical (unpaired) electrons. The molecule has 0 unspecified atom stereocenters. The maximum atomic E-state index is 12.2. The molecule has 1 aliphatic heterocycles. The topological polar surface area (TPSA) is 50.4 Å². The summed E-state index contributed by atoms with van der Waals surface area (Å²) in [7, 11) is 0. The van der Waals surface area contributed by atoms with Crippen molar-refractivity contribution >= 4 is 24.0 Å². The summed E-state index contributed by atoms with van der Waals surface area (Å²) in [4.78, 5) is 12.2. The third kappa shape index (κ3) is 5.52. The van der Waals surface area contributed by atoms with Crippen LogP contribution in [0.2, 0.25) is 0 Å². The van der Waals surface area contributed by atoms with Crippen LogP contribution in [0, 0.1) is 5.92 Å². The van der Waals surface area contributed by atoms with Crippen LogP contribution in [0.4, 0.5) is 10.1 Å². The molecular formula is C15H22ClFN2O2. The number of carbonyl (C=O) groups is 1. The average Bonchev–Trinajstić information content (AvgIpc) is 2.45. The predicted molar refractivity (Wildman–Crippen MR) is 84.0 cm³/mol. The number of amides is 1. The zero-order valence-corrected chi connectivity index (χ0v) is 12.9. The second-order valence-corrected chi connectivity index (χ2v) is 5.13. The summed E-state index contributed by atoms with van der Waals surface area (Å²) in [5.74, 6) is 0.654. The van der Waals surface area contributed by atoms with E-state index in [0.717, 1.165) is 19.4 Å². The molecule has 0 saturated carbocycles. The van der Waals surface area contributed by atoms with Crippen LogP contribution in [0.1, 0.15) is 19.8 Å². The number of benzene rings is 1. The number of hydrogen-bond acceptors (Lipinski definition) is 3. The minimum absolute atomic E-state index is 0. The van der Waals surface area contributed by atoms with E-state index in [1.165, 1.54) is 0 Å². The van der Waals surface area contributed by atoms with E-state index in [2.05, 4.69) is 17.6 Å². The second kappa shape index (κ2) is 8.85. The van der Waals surface area contributed by atoms with Gasteiger partial charge in [0, 0.05) is 23.7 Å². The Morgan fingerprint density at radius 2 is 2.33 bits per heavy atom. The van der Waals surface area contributed by atoms with Crippen molar-refractivity contribution in [2.75, 3.05) is 25.1 Å². The Balaban J connectivity index is 0.00000220. The predicted octanol–water partition coefficient (Wildman–Crippen LogP) is 2.78. The van der Waals surface area contributed by atoms with Gasteiger partial charge in [-0.1, -0.05) is 6.07 Å². The van der Waals surface area contributed by atoms with Gasteiger partial charge in [0.25, 0.3) is 0 Å². The van der Waals surface area contributed by atoms with Crippen LogP contribution in [0.5, 0.6) is 5.75 Å². The van der Waals surface area contributed by atoms with E-state index < -0.39 is 6.67 Å². The normalized spacial score (nSPS) is 21.2. The lowest BCUT2D eigenvalue weighted by atomic mass is 9.92. The first-order valence-corrected chi connectivity index (χ1v) is 7.02. The Bertz CT molecular complexity index is 459. The van der Waals surface area contributed by atoms with Crippen molar-refractivity contribution in [2.24, 2.45) is 5.92 Å². The highest BCUT2D eigenvalue weighted by atomic mass is 35.5. The number of halogens is 2. The summed E-state index contributed by atoms with van der Waals surface area (Å²) in [5.41, 5.74) is 0.692. The van der Waals surface area contributed by atoms with Gasteiger partial charge in [-0.15, -0.1) is 12.4 Å². The van der Waals surface area contributed by atoms with E-state index >= 15 is 0 Å². The van der Waals surface area contributed by atoms with Crippen LogP contribution >= 0.6 is 12.4 Å². The Kier molecular flexibility index (Phi) is 7.47. The van der Waals surface area contributed by atoms with Crippen molar-refractivity contribution in [2.45, 2.75) is 25.8 Å². The zero-order chi connectivity index (χ0) is 14.4. The summed E-state index contributed by atoms with van der Waals surface area (Å²) in [6.07, 6.45) is 1.71. The van der Waals surface area contributed by atoms with Gasteiger partial charge in [0.05, 0.1) is 0 Å². The molecule has 0 spiro atoms. The molecule has 2 rings (SSSR count). The third-order valence-corrected chi connectivity index (χ3v) is 3.44. The standard InChI is InChI=1S/C15H21FN2O2.ClH/c1-11-9-12(5-7-17-11)15(19)18-13-3-2-4-14(10-13)20-8-6-16;/h2-4,10-12,17H,5-9H2,1H3,(H,18,19);1H/t11-,12-;/m0./s1. The zero-order valence-electron chi connectivity index (χ0n) is 12.1. The van der Waals surface area contributed by atoms with Gasteiger partial charge in [0.1, 0.15) is 19.0 Å². The second-order valence-electron chi connectivity index (χ2n) is 5.13. The van der Waals surface area contributed by atoms with E-state index in [9.17, 15) is 9.18 Å². The monoisotopic (exact) mass is 316 g/mol. The van der Waals surface area contributed by atoms with Crippen molar-refractivity contribution in [3.8, 4) is 5.75 Å². The fourth-order valence-corrected chi connectivity index (χ4v) is 2.43. The molecular weight excluding hydrogens is 295 g/mol. The number of hydrogen-bond donors (Lipinski definition) is 2. The highest BCUT2D eigenvalue weighted by molar-refractivity contribution is 5.92. The van der Waals surface area contributed by atoms with Gasteiger partial charge in [-0.2, -0.15) is 0 Å². The minimum Gasteiger partial charge on any atom is -0.491 e. The number of carbonyl (C=O) groups excluding carboxylic acids is 1. The first-order chi connectivity index (χ1) is 9.69. The van der Waals surface area contributed by atoms with E-state index in [4.69, 9.17) is 4.74 Å². The van der Waals surface area contributed by atoms with Crippen LogP contribution in [0.15, 0.2) is 24.3 Å². The molecule has 1 aromatic rings. The molecule has 0 aromatic heterocycles. The Morgan fingerprint density at radius 3 is 3.05 bits per heavy atom. The Labute approximate surface area is 130 Å². The molecule has 4 nitrogen and oxygen atoms in total. The number of rotatable bonds is 5. The summed E-state index contributed by atoms with van der Waals surface area (Å²) in [5, 5.41) is 6.24. The number of alkyl halides is 1. The first kappa shape index (κ1) is 17.7. The minimum atomic E-state index is -0.524. The molecule has 1 amide bonds. The largest absolute Gasteiger partial charge is 0.491 e. The Morgan fingerprint density at radius 1 is 1.52 bits per heavy atom.